The third-order valence-corrected chi connectivity index (χ3v) is 4.20. The molecular formula is C12H20F3N. The van der Waals surface area contributed by atoms with Gasteiger partial charge in [-0.1, -0.05) is 13.3 Å². The van der Waals surface area contributed by atoms with Gasteiger partial charge in [0.1, 0.15) is 5.54 Å². The second-order valence-electron chi connectivity index (χ2n) is 5.35. The Kier molecular flexibility index (Phi) is 3.21. The molecule has 1 nitrogen and oxygen atoms in total. The van der Waals surface area contributed by atoms with E-state index in [1.54, 1.807) is 0 Å². The lowest BCUT2D eigenvalue weighted by Crippen LogP contribution is -2.50. The summed E-state index contributed by atoms with van der Waals surface area (Å²) in [6, 6.07) is 0.0897. The van der Waals surface area contributed by atoms with Gasteiger partial charge < -0.3 is 5.32 Å². The summed E-state index contributed by atoms with van der Waals surface area (Å²) in [6.45, 7) is 2.16. The number of rotatable bonds is 3. The Morgan fingerprint density at radius 2 is 1.69 bits per heavy atom. The standard InChI is InChI=1S/C12H20F3N/c1-2-9-3-5-10(6-4-9)16-11(7-8-11)12(13,14)15/h9-10,16H,2-8H2,1H3. The second kappa shape index (κ2) is 4.21. The van der Waals surface area contributed by atoms with Gasteiger partial charge in [0.15, 0.2) is 0 Å². The van der Waals surface area contributed by atoms with E-state index < -0.39 is 11.7 Å². The summed E-state index contributed by atoms with van der Waals surface area (Å²) in [5.74, 6) is 0.735. The second-order valence-corrected chi connectivity index (χ2v) is 5.35. The van der Waals surface area contributed by atoms with E-state index in [1.165, 1.54) is 0 Å². The van der Waals surface area contributed by atoms with Crippen LogP contribution >= 0.6 is 0 Å². The number of hydrogen-bond donors (Lipinski definition) is 1. The number of hydrogen-bond acceptors (Lipinski definition) is 1. The van der Waals surface area contributed by atoms with E-state index in [1.807, 2.05) is 0 Å². The van der Waals surface area contributed by atoms with Crippen molar-refractivity contribution in [3.8, 4) is 0 Å². The molecule has 1 N–H and O–H groups in total. The van der Waals surface area contributed by atoms with Crippen LogP contribution in [0.4, 0.5) is 13.2 Å². The van der Waals surface area contributed by atoms with Gasteiger partial charge in [-0.05, 0) is 44.4 Å². The summed E-state index contributed by atoms with van der Waals surface area (Å²) in [5.41, 5.74) is -1.52. The van der Waals surface area contributed by atoms with E-state index in [2.05, 4.69) is 12.2 Å². The van der Waals surface area contributed by atoms with Gasteiger partial charge in [-0.25, -0.2) is 0 Å². The Balaban J connectivity index is 1.83. The summed E-state index contributed by atoms with van der Waals surface area (Å²) in [7, 11) is 0. The molecule has 0 aliphatic heterocycles. The Labute approximate surface area is 94.8 Å². The van der Waals surface area contributed by atoms with E-state index in [-0.39, 0.29) is 18.9 Å². The lowest BCUT2D eigenvalue weighted by atomic mass is 9.84. The van der Waals surface area contributed by atoms with Crippen molar-refractivity contribution in [2.45, 2.75) is 69.6 Å². The third kappa shape index (κ3) is 2.36. The van der Waals surface area contributed by atoms with Gasteiger partial charge >= 0.3 is 6.18 Å². The number of alkyl halides is 3. The number of nitrogens with one attached hydrogen (secondary N) is 1. The molecule has 0 unspecified atom stereocenters. The predicted octanol–water partition coefficient (Wildman–Crippen LogP) is 3.64. The lowest BCUT2D eigenvalue weighted by Gasteiger charge is -2.32. The maximum absolute atomic E-state index is 12.7. The molecule has 0 saturated heterocycles. The zero-order valence-corrected chi connectivity index (χ0v) is 9.74. The molecule has 0 spiro atoms. The normalized spacial score (nSPS) is 33.8. The molecular weight excluding hydrogens is 215 g/mol. The highest BCUT2D eigenvalue weighted by Crippen LogP contribution is 2.49. The van der Waals surface area contributed by atoms with E-state index >= 15 is 0 Å². The van der Waals surface area contributed by atoms with Gasteiger partial charge in [0.2, 0.25) is 0 Å². The first-order valence-electron chi connectivity index (χ1n) is 6.31. The molecule has 2 fully saturated rings. The van der Waals surface area contributed by atoms with Crippen LogP contribution in [0.2, 0.25) is 0 Å². The monoisotopic (exact) mass is 235 g/mol. The molecule has 2 rings (SSSR count). The first-order chi connectivity index (χ1) is 7.47. The molecule has 0 radical (unpaired) electrons. The van der Waals surface area contributed by atoms with E-state index in [4.69, 9.17) is 0 Å². The van der Waals surface area contributed by atoms with Gasteiger partial charge in [0, 0.05) is 6.04 Å². The highest BCUT2D eigenvalue weighted by molar-refractivity contribution is 5.09. The van der Waals surface area contributed by atoms with E-state index in [9.17, 15) is 13.2 Å². The van der Waals surface area contributed by atoms with Crippen molar-refractivity contribution in [3.63, 3.8) is 0 Å². The van der Waals surface area contributed by atoms with Crippen LogP contribution in [0.25, 0.3) is 0 Å². The Morgan fingerprint density at radius 3 is 2.06 bits per heavy atom. The maximum atomic E-state index is 12.7. The van der Waals surface area contributed by atoms with Crippen LogP contribution in [-0.4, -0.2) is 17.8 Å². The van der Waals surface area contributed by atoms with Crippen molar-refractivity contribution in [2.75, 3.05) is 0 Å². The lowest BCUT2D eigenvalue weighted by molar-refractivity contribution is -0.168. The van der Waals surface area contributed by atoms with E-state index in [0.29, 0.717) is 0 Å². The fourth-order valence-corrected chi connectivity index (χ4v) is 2.74. The van der Waals surface area contributed by atoms with Crippen molar-refractivity contribution >= 4 is 0 Å². The molecule has 0 heterocycles. The average Bonchev–Trinajstić information content (AvgIpc) is 2.99. The van der Waals surface area contributed by atoms with Crippen molar-refractivity contribution in [1.82, 2.24) is 5.32 Å². The van der Waals surface area contributed by atoms with Gasteiger partial charge in [-0.15, -0.1) is 0 Å². The van der Waals surface area contributed by atoms with Crippen LogP contribution in [-0.2, 0) is 0 Å². The summed E-state index contributed by atoms with van der Waals surface area (Å²) < 4.78 is 38.2. The molecule has 0 aromatic heterocycles. The van der Waals surface area contributed by atoms with Gasteiger partial charge in [0.25, 0.3) is 0 Å². The van der Waals surface area contributed by atoms with Crippen molar-refractivity contribution < 1.29 is 13.2 Å². The van der Waals surface area contributed by atoms with Gasteiger partial charge in [-0.2, -0.15) is 13.2 Å². The first-order valence-corrected chi connectivity index (χ1v) is 6.31. The molecule has 2 saturated carbocycles. The van der Waals surface area contributed by atoms with Gasteiger partial charge in [-0.3, -0.25) is 0 Å². The highest BCUT2D eigenvalue weighted by atomic mass is 19.4. The predicted molar refractivity (Wildman–Crippen MR) is 57.2 cm³/mol. The summed E-state index contributed by atoms with van der Waals surface area (Å²) in [5, 5.41) is 2.87. The molecule has 0 atom stereocenters. The Morgan fingerprint density at radius 1 is 1.12 bits per heavy atom. The minimum absolute atomic E-state index is 0.0897. The fraction of sp³-hybridized carbons (Fsp3) is 1.00. The minimum Gasteiger partial charge on any atom is -0.301 e. The highest BCUT2D eigenvalue weighted by Gasteiger charge is 2.63. The van der Waals surface area contributed by atoms with Crippen LogP contribution in [0.1, 0.15) is 51.9 Å². The molecule has 94 valence electrons. The first kappa shape index (κ1) is 12.2. The van der Waals surface area contributed by atoms with Crippen LogP contribution in [0, 0.1) is 5.92 Å². The van der Waals surface area contributed by atoms with Crippen molar-refractivity contribution in [2.24, 2.45) is 5.92 Å². The topological polar surface area (TPSA) is 12.0 Å². The van der Waals surface area contributed by atoms with Crippen LogP contribution < -0.4 is 5.32 Å². The molecule has 0 amide bonds. The molecule has 0 aromatic rings. The molecule has 2 aliphatic carbocycles. The minimum atomic E-state index is -4.06. The van der Waals surface area contributed by atoms with Crippen molar-refractivity contribution in [3.05, 3.63) is 0 Å². The molecule has 2 aliphatic rings. The largest absolute Gasteiger partial charge is 0.406 e. The summed E-state index contributed by atoms with van der Waals surface area (Å²) >= 11 is 0. The molecule has 0 bridgehead atoms. The SMILES string of the molecule is CCC1CCC(NC2(C(F)(F)F)CC2)CC1. The van der Waals surface area contributed by atoms with Crippen molar-refractivity contribution in [1.29, 1.82) is 0 Å². The number of halogens is 3. The zero-order valence-electron chi connectivity index (χ0n) is 9.74. The van der Waals surface area contributed by atoms with Crippen LogP contribution in [0.5, 0.6) is 0 Å². The summed E-state index contributed by atoms with van der Waals surface area (Å²) in [4.78, 5) is 0. The van der Waals surface area contributed by atoms with Crippen LogP contribution in [0.3, 0.4) is 0 Å². The van der Waals surface area contributed by atoms with Crippen LogP contribution in [0.15, 0.2) is 0 Å². The molecule has 16 heavy (non-hydrogen) atoms. The Hall–Kier alpha value is -0.250. The maximum Gasteiger partial charge on any atom is 0.406 e. The summed E-state index contributed by atoms with van der Waals surface area (Å²) in [6.07, 6.45) is 1.64. The fourth-order valence-electron chi connectivity index (χ4n) is 2.74. The zero-order chi connectivity index (χ0) is 11.8. The Bertz CT molecular complexity index is 237. The third-order valence-electron chi connectivity index (χ3n) is 4.20. The average molecular weight is 235 g/mol. The van der Waals surface area contributed by atoms with E-state index in [0.717, 1.165) is 38.0 Å². The quantitative estimate of drug-likeness (QED) is 0.787. The smallest absolute Gasteiger partial charge is 0.301 e. The van der Waals surface area contributed by atoms with Gasteiger partial charge in [0.05, 0.1) is 0 Å². The molecule has 4 heteroatoms. The molecule has 0 aromatic carbocycles.